The molecule has 4 nitrogen and oxygen atoms in total. The number of amides is 1. The minimum atomic E-state index is -4.40. The summed E-state index contributed by atoms with van der Waals surface area (Å²) in [5.74, 6) is -0.114. The average Bonchev–Trinajstić information content (AvgIpc) is 2.49. The molecule has 0 saturated carbocycles. The predicted molar refractivity (Wildman–Crippen MR) is 80.6 cm³/mol. The van der Waals surface area contributed by atoms with Gasteiger partial charge in [-0.3, -0.25) is 4.79 Å². The van der Waals surface area contributed by atoms with Crippen LogP contribution in [0.5, 0.6) is 0 Å². The van der Waals surface area contributed by atoms with Crippen molar-refractivity contribution in [3.05, 3.63) is 29.8 Å². The molecule has 0 saturated heterocycles. The van der Waals surface area contributed by atoms with Crippen molar-refractivity contribution >= 4 is 17.8 Å². The molecule has 0 heterocycles. The van der Waals surface area contributed by atoms with Crippen LogP contribution in [0, 0.1) is 5.92 Å². The van der Waals surface area contributed by atoms with Gasteiger partial charge in [0.2, 0.25) is 0 Å². The third-order valence-electron chi connectivity index (χ3n) is 3.17. The molecule has 0 aliphatic carbocycles. The van der Waals surface area contributed by atoms with E-state index in [0.717, 1.165) is 25.0 Å². The lowest BCUT2D eigenvalue weighted by Crippen LogP contribution is -2.26. The Balaban J connectivity index is 2.48. The molecule has 22 heavy (non-hydrogen) atoms. The Morgan fingerprint density at radius 2 is 2.00 bits per heavy atom. The number of rotatable bonds is 7. The van der Waals surface area contributed by atoms with Gasteiger partial charge in [-0.15, -0.1) is 0 Å². The SMILES string of the molecule is CCC(/C=N\NC(=O)CNc1cccc(C(F)(F)F)c1)CC. The average molecular weight is 315 g/mol. The Bertz CT molecular complexity index is 511. The van der Waals surface area contributed by atoms with Crippen LogP contribution in [-0.4, -0.2) is 18.7 Å². The normalized spacial score (nSPS) is 11.9. The Hall–Kier alpha value is -2.05. The van der Waals surface area contributed by atoms with Crippen molar-refractivity contribution in [3.8, 4) is 0 Å². The van der Waals surface area contributed by atoms with Crippen molar-refractivity contribution in [2.45, 2.75) is 32.9 Å². The number of nitrogens with zero attached hydrogens (tertiary/aromatic N) is 1. The molecule has 0 atom stereocenters. The lowest BCUT2D eigenvalue weighted by atomic mass is 10.1. The number of nitrogens with one attached hydrogen (secondary N) is 2. The summed E-state index contributed by atoms with van der Waals surface area (Å²) in [4.78, 5) is 11.5. The number of hydrazone groups is 1. The van der Waals surface area contributed by atoms with E-state index in [4.69, 9.17) is 0 Å². The first-order valence-electron chi connectivity index (χ1n) is 7.10. The maximum Gasteiger partial charge on any atom is 0.416 e. The third-order valence-corrected chi connectivity index (χ3v) is 3.17. The zero-order valence-corrected chi connectivity index (χ0v) is 12.6. The van der Waals surface area contributed by atoms with Crippen LogP contribution in [-0.2, 0) is 11.0 Å². The van der Waals surface area contributed by atoms with Gasteiger partial charge in [-0.05, 0) is 37.0 Å². The molecule has 1 amide bonds. The van der Waals surface area contributed by atoms with E-state index in [1.165, 1.54) is 12.1 Å². The van der Waals surface area contributed by atoms with Gasteiger partial charge in [0.25, 0.3) is 5.91 Å². The van der Waals surface area contributed by atoms with Crippen LogP contribution in [0.2, 0.25) is 0 Å². The standard InChI is InChI=1S/C15H20F3N3O/c1-3-11(4-2)9-20-21-14(22)10-19-13-7-5-6-12(8-13)15(16,17)18/h5-9,11,19H,3-4,10H2,1-2H3,(H,21,22)/b20-9-. The molecule has 0 radical (unpaired) electrons. The van der Waals surface area contributed by atoms with Gasteiger partial charge in [0.15, 0.2) is 0 Å². The maximum absolute atomic E-state index is 12.5. The van der Waals surface area contributed by atoms with Crippen LogP contribution in [0.1, 0.15) is 32.3 Å². The summed E-state index contributed by atoms with van der Waals surface area (Å²) in [6.45, 7) is 3.90. The van der Waals surface area contributed by atoms with Crippen molar-refractivity contribution in [2.24, 2.45) is 11.0 Å². The van der Waals surface area contributed by atoms with Gasteiger partial charge in [0.05, 0.1) is 12.1 Å². The van der Waals surface area contributed by atoms with Crippen molar-refractivity contribution < 1.29 is 18.0 Å². The Morgan fingerprint density at radius 1 is 1.32 bits per heavy atom. The largest absolute Gasteiger partial charge is 0.416 e. The minimum Gasteiger partial charge on any atom is -0.376 e. The summed E-state index contributed by atoms with van der Waals surface area (Å²) in [5.41, 5.74) is 1.81. The van der Waals surface area contributed by atoms with Crippen LogP contribution in [0.15, 0.2) is 29.4 Å². The van der Waals surface area contributed by atoms with Gasteiger partial charge in [0, 0.05) is 11.9 Å². The van der Waals surface area contributed by atoms with Gasteiger partial charge in [-0.2, -0.15) is 18.3 Å². The van der Waals surface area contributed by atoms with Crippen LogP contribution < -0.4 is 10.7 Å². The molecule has 122 valence electrons. The summed E-state index contributed by atoms with van der Waals surface area (Å²) in [7, 11) is 0. The fourth-order valence-electron chi connectivity index (χ4n) is 1.74. The van der Waals surface area contributed by atoms with Gasteiger partial charge in [-0.1, -0.05) is 19.9 Å². The number of benzene rings is 1. The molecule has 0 fully saturated rings. The number of hydrogen-bond acceptors (Lipinski definition) is 3. The zero-order chi connectivity index (χ0) is 16.6. The van der Waals surface area contributed by atoms with E-state index in [2.05, 4.69) is 15.8 Å². The second-order valence-corrected chi connectivity index (χ2v) is 4.82. The molecule has 0 aromatic heterocycles. The molecule has 1 aromatic carbocycles. The number of halogens is 3. The van der Waals surface area contributed by atoms with E-state index in [1.807, 2.05) is 13.8 Å². The Morgan fingerprint density at radius 3 is 2.59 bits per heavy atom. The van der Waals surface area contributed by atoms with Crippen LogP contribution >= 0.6 is 0 Å². The van der Waals surface area contributed by atoms with E-state index in [9.17, 15) is 18.0 Å². The first-order valence-corrected chi connectivity index (χ1v) is 7.10. The van der Waals surface area contributed by atoms with Gasteiger partial charge in [0.1, 0.15) is 0 Å². The van der Waals surface area contributed by atoms with Crippen molar-refractivity contribution in [1.82, 2.24) is 5.43 Å². The first-order chi connectivity index (χ1) is 10.4. The molecule has 1 aromatic rings. The van der Waals surface area contributed by atoms with E-state index < -0.39 is 17.6 Å². The summed E-state index contributed by atoms with van der Waals surface area (Å²) < 4.78 is 37.6. The maximum atomic E-state index is 12.5. The fraction of sp³-hybridized carbons (Fsp3) is 0.467. The summed E-state index contributed by atoms with van der Waals surface area (Å²) in [6, 6.07) is 4.69. The fourth-order valence-corrected chi connectivity index (χ4v) is 1.74. The Labute approximate surface area is 127 Å². The van der Waals surface area contributed by atoms with Gasteiger partial charge >= 0.3 is 6.18 Å². The number of carbonyl (C=O) groups excluding carboxylic acids is 1. The van der Waals surface area contributed by atoms with Crippen molar-refractivity contribution in [1.29, 1.82) is 0 Å². The molecule has 0 aliphatic rings. The number of carbonyl (C=O) groups is 1. The van der Waals surface area contributed by atoms with Crippen LogP contribution in [0.25, 0.3) is 0 Å². The van der Waals surface area contributed by atoms with Crippen LogP contribution in [0.4, 0.5) is 18.9 Å². The monoisotopic (exact) mass is 315 g/mol. The van der Waals surface area contributed by atoms with Crippen molar-refractivity contribution in [3.63, 3.8) is 0 Å². The molecule has 0 aliphatic heterocycles. The van der Waals surface area contributed by atoms with Gasteiger partial charge < -0.3 is 5.32 Å². The smallest absolute Gasteiger partial charge is 0.376 e. The van der Waals surface area contributed by atoms with Crippen molar-refractivity contribution in [2.75, 3.05) is 11.9 Å². The van der Waals surface area contributed by atoms with E-state index in [1.54, 1.807) is 6.21 Å². The van der Waals surface area contributed by atoms with E-state index in [0.29, 0.717) is 5.92 Å². The molecule has 0 unspecified atom stereocenters. The highest BCUT2D eigenvalue weighted by Crippen LogP contribution is 2.30. The lowest BCUT2D eigenvalue weighted by Gasteiger charge is -2.10. The van der Waals surface area contributed by atoms with E-state index in [-0.39, 0.29) is 12.2 Å². The van der Waals surface area contributed by atoms with E-state index >= 15 is 0 Å². The number of hydrogen-bond donors (Lipinski definition) is 2. The third kappa shape index (κ3) is 6.15. The summed E-state index contributed by atoms with van der Waals surface area (Å²) >= 11 is 0. The predicted octanol–water partition coefficient (Wildman–Crippen LogP) is 3.66. The summed E-state index contributed by atoms with van der Waals surface area (Å²) in [6.07, 6.45) is -0.877. The highest BCUT2D eigenvalue weighted by atomic mass is 19.4. The number of anilines is 1. The molecule has 2 N–H and O–H groups in total. The molecular weight excluding hydrogens is 295 g/mol. The van der Waals surface area contributed by atoms with Gasteiger partial charge in [-0.25, -0.2) is 5.43 Å². The second-order valence-electron chi connectivity index (χ2n) is 4.82. The first kappa shape index (κ1) is 18.0. The second kappa shape index (κ2) is 8.41. The lowest BCUT2D eigenvalue weighted by molar-refractivity contribution is -0.137. The highest BCUT2D eigenvalue weighted by molar-refractivity contribution is 5.81. The Kier molecular flexibility index (Phi) is 6.88. The molecule has 7 heteroatoms. The molecule has 0 bridgehead atoms. The molecular formula is C15H20F3N3O. The molecule has 0 spiro atoms. The number of alkyl halides is 3. The highest BCUT2D eigenvalue weighted by Gasteiger charge is 2.30. The topological polar surface area (TPSA) is 53.5 Å². The zero-order valence-electron chi connectivity index (χ0n) is 12.6. The quantitative estimate of drug-likeness (QED) is 0.596. The van der Waals surface area contributed by atoms with Crippen LogP contribution in [0.3, 0.4) is 0 Å². The molecule has 1 rings (SSSR count). The minimum absolute atomic E-state index is 0.151. The summed E-state index contributed by atoms with van der Waals surface area (Å²) in [5, 5.41) is 6.47.